The second kappa shape index (κ2) is 7.49. The summed E-state index contributed by atoms with van der Waals surface area (Å²) in [6, 6.07) is 14.6. The highest BCUT2D eigenvalue weighted by atomic mass is 19.1. The number of hydrogen-bond donors (Lipinski definition) is 0. The second-order valence-electron chi connectivity index (χ2n) is 5.38. The van der Waals surface area contributed by atoms with Gasteiger partial charge in [-0.15, -0.1) is 0 Å². The minimum atomic E-state index is -0.340. The number of amides is 1. The maximum Gasteiger partial charge on any atom is 0.290 e. The number of furan rings is 2. The molecule has 0 unspecified atom stereocenters. The molecule has 0 bridgehead atoms. The van der Waals surface area contributed by atoms with Gasteiger partial charge in [0.25, 0.3) is 5.91 Å². The molecule has 0 aliphatic rings. The number of halogens is 1. The van der Waals surface area contributed by atoms with Gasteiger partial charge in [0.2, 0.25) is 0 Å². The maximum absolute atomic E-state index is 13.0. The summed E-state index contributed by atoms with van der Waals surface area (Å²) in [4.78, 5) is 14.2. The van der Waals surface area contributed by atoms with Gasteiger partial charge in [-0.1, -0.05) is 0 Å². The number of rotatable bonds is 6. The Hall–Kier alpha value is -3.33. The zero-order chi connectivity index (χ0) is 17.6. The minimum Gasteiger partial charge on any atom is -0.467 e. The molecule has 0 atom stereocenters. The van der Waals surface area contributed by atoms with Gasteiger partial charge in [-0.2, -0.15) is 5.26 Å². The van der Waals surface area contributed by atoms with Gasteiger partial charge in [0.15, 0.2) is 5.76 Å². The SMILES string of the molecule is N#CCCN(Cc1ccco1)C(=O)c1ccc(-c2ccc(F)cc2)o1. The predicted molar refractivity (Wildman–Crippen MR) is 87.8 cm³/mol. The first-order valence-electron chi connectivity index (χ1n) is 7.72. The lowest BCUT2D eigenvalue weighted by atomic mass is 10.2. The van der Waals surface area contributed by atoms with Crippen LogP contribution in [0.3, 0.4) is 0 Å². The molecule has 0 saturated heterocycles. The van der Waals surface area contributed by atoms with E-state index in [1.165, 1.54) is 23.3 Å². The summed E-state index contributed by atoms with van der Waals surface area (Å²) in [7, 11) is 0. The van der Waals surface area contributed by atoms with Crippen molar-refractivity contribution in [1.29, 1.82) is 5.26 Å². The Morgan fingerprint density at radius 2 is 1.96 bits per heavy atom. The molecule has 2 heterocycles. The average Bonchev–Trinajstić information content (AvgIpc) is 3.30. The van der Waals surface area contributed by atoms with E-state index in [4.69, 9.17) is 14.1 Å². The van der Waals surface area contributed by atoms with E-state index in [2.05, 4.69) is 0 Å². The lowest BCUT2D eigenvalue weighted by Gasteiger charge is -2.19. The lowest BCUT2D eigenvalue weighted by molar-refractivity contribution is 0.0704. The maximum atomic E-state index is 13.0. The molecule has 1 aromatic carbocycles. The fraction of sp³-hybridized carbons (Fsp3) is 0.158. The molecule has 0 aliphatic carbocycles. The molecule has 0 spiro atoms. The van der Waals surface area contributed by atoms with Crippen molar-refractivity contribution in [2.45, 2.75) is 13.0 Å². The van der Waals surface area contributed by atoms with Crippen LogP contribution >= 0.6 is 0 Å². The molecule has 3 aromatic rings. The van der Waals surface area contributed by atoms with Crippen LogP contribution in [0.25, 0.3) is 11.3 Å². The van der Waals surface area contributed by atoms with Gasteiger partial charge in [0.05, 0.1) is 25.3 Å². The van der Waals surface area contributed by atoms with Crippen LogP contribution in [0.4, 0.5) is 4.39 Å². The second-order valence-corrected chi connectivity index (χ2v) is 5.38. The van der Waals surface area contributed by atoms with E-state index in [0.717, 1.165) is 0 Å². The van der Waals surface area contributed by atoms with E-state index in [9.17, 15) is 9.18 Å². The van der Waals surface area contributed by atoms with Crippen molar-refractivity contribution >= 4 is 5.91 Å². The van der Waals surface area contributed by atoms with E-state index in [-0.39, 0.29) is 37.0 Å². The number of benzene rings is 1. The molecule has 6 heteroatoms. The van der Waals surface area contributed by atoms with Crippen LogP contribution in [0.5, 0.6) is 0 Å². The summed E-state index contributed by atoms with van der Waals surface area (Å²) >= 11 is 0. The monoisotopic (exact) mass is 338 g/mol. The van der Waals surface area contributed by atoms with Gasteiger partial charge in [-0.25, -0.2) is 4.39 Å². The number of nitriles is 1. The Balaban J connectivity index is 1.79. The zero-order valence-corrected chi connectivity index (χ0v) is 13.3. The third-order valence-electron chi connectivity index (χ3n) is 3.65. The van der Waals surface area contributed by atoms with Gasteiger partial charge in [-0.3, -0.25) is 4.79 Å². The summed E-state index contributed by atoms with van der Waals surface area (Å²) in [5, 5.41) is 8.80. The highest BCUT2D eigenvalue weighted by Crippen LogP contribution is 2.23. The third kappa shape index (κ3) is 3.96. The molecule has 0 aliphatic heterocycles. The molecule has 2 aromatic heterocycles. The molecule has 25 heavy (non-hydrogen) atoms. The highest BCUT2D eigenvalue weighted by Gasteiger charge is 2.20. The Morgan fingerprint density at radius 1 is 1.16 bits per heavy atom. The number of carbonyl (C=O) groups excluding carboxylic acids is 1. The van der Waals surface area contributed by atoms with Crippen molar-refractivity contribution in [3.8, 4) is 17.4 Å². The van der Waals surface area contributed by atoms with Gasteiger partial charge in [0, 0.05) is 12.1 Å². The van der Waals surface area contributed by atoms with Crippen LogP contribution in [-0.2, 0) is 6.54 Å². The van der Waals surface area contributed by atoms with Gasteiger partial charge in [0.1, 0.15) is 17.3 Å². The topological polar surface area (TPSA) is 70.4 Å². The normalized spacial score (nSPS) is 10.4. The summed E-state index contributed by atoms with van der Waals surface area (Å²) in [5.74, 6) is 0.578. The Labute approximate surface area is 143 Å². The first-order chi connectivity index (χ1) is 12.2. The van der Waals surface area contributed by atoms with Crippen molar-refractivity contribution in [3.63, 3.8) is 0 Å². The van der Waals surface area contributed by atoms with Crippen LogP contribution < -0.4 is 0 Å². The van der Waals surface area contributed by atoms with Crippen LogP contribution in [0.1, 0.15) is 22.7 Å². The Bertz CT molecular complexity index is 876. The van der Waals surface area contributed by atoms with Gasteiger partial charge < -0.3 is 13.7 Å². The molecule has 0 saturated carbocycles. The number of carbonyl (C=O) groups is 1. The first-order valence-corrected chi connectivity index (χ1v) is 7.72. The van der Waals surface area contributed by atoms with Crippen molar-refractivity contribution < 1.29 is 18.0 Å². The fourth-order valence-electron chi connectivity index (χ4n) is 2.41. The van der Waals surface area contributed by atoms with Crippen LogP contribution in [0.15, 0.2) is 63.6 Å². The van der Waals surface area contributed by atoms with E-state index in [1.807, 2.05) is 6.07 Å². The summed E-state index contributed by atoms with van der Waals surface area (Å²) in [5.41, 5.74) is 0.676. The molecular formula is C19H15FN2O3. The van der Waals surface area contributed by atoms with Gasteiger partial charge in [-0.05, 0) is 48.5 Å². The summed E-state index contributed by atoms with van der Waals surface area (Å²) in [6.45, 7) is 0.517. The molecule has 1 amide bonds. The predicted octanol–water partition coefficient (Wildman–Crippen LogP) is 4.23. The number of hydrogen-bond acceptors (Lipinski definition) is 4. The van der Waals surface area contributed by atoms with E-state index in [1.54, 1.807) is 36.4 Å². The molecule has 0 radical (unpaired) electrons. The van der Waals surface area contributed by atoms with Crippen LogP contribution in [-0.4, -0.2) is 17.4 Å². The Morgan fingerprint density at radius 3 is 2.64 bits per heavy atom. The average molecular weight is 338 g/mol. The molecule has 0 N–H and O–H groups in total. The fourth-order valence-corrected chi connectivity index (χ4v) is 2.41. The van der Waals surface area contributed by atoms with Crippen molar-refractivity contribution in [1.82, 2.24) is 4.90 Å². The highest BCUT2D eigenvalue weighted by molar-refractivity contribution is 5.92. The zero-order valence-electron chi connectivity index (χ0n) is 13.3. The standard InChI is InChI=1S/C19H15FN2O3/c20-15-6-4-14(5-7-15)17-8-9-18(25-17)19(23)22(11-2-10-21)13-16-3-1-12-24-16/h1,3-9,12H,2,11,13H2. The molecule has 126 valence electrons. The van der Waals surface area contributed by atoms with Crippen molar-refractivity contribution in [2.24, 2.45) is 0 Å². The Kier molecular flexibility index (Phi) is 4.95. The van der Waals surface area contributed by atoms with Crippen LogP contribution in [0.2, 0.25) is 0 Å². The van der Waals surface area contributed by atoms with Crippen molar-refractivity contribution in [3.05, 3.63) is 72.1 Å². The molecule has 0 fully saturated rings. The van der Waals surface area contributed by atoms with E-state index in [0.29, 0.717) is 17.1 Å². The lowest BCUT2D eigenvalue weighted by Crippen LogP contribution is -2.31. The third-order valence-corrected chi connectivity index (χ3v) is 3.65. The van der Waals surface area contributed by atoms with Crippen LogP contribution in [0, 0.1) is 17.1 Å². The molecular weight excluding hydrogens is 323 g/mol. The minimum absolute atomic E-state index is 0.156. The summed E-state index contributed by atoms with van der Waals surface area (Å²) in [6.07, 6.45) is 1.74. The van der Waals surface area contributed by atoms with E-state index < -0.39 is 0 Å². The number of nitrogens with zero attached hydrogens (tertiary/aromatic N) is 2. The largest absolute Gasteiger partial charge is 0.467 e. The first kappa shape index (κ1) is 16.5. The van der Waals surface area contributed by atoms with Crippen molar-refractivity contribution in [2.75, 3.05) is 6.54 Å². The quantitative estimate of drug-likeness (QED) is 0.674. The molecule has 5 nitrogen and oxygen atoms in total. The van der Waals surface area contributed by atoms with Gasteiger partial charge >= 0.3 is 0 Å². The van der Waals surface area contributed by atoms with E-state index >= 15 is 0 Å². The smallest absolute Gasteiger partial charge is 0.290 e. The molecule has 3 rings (SSSR count). The summed E-state index contributed by atoms with van der Waals surface area (Å²) < 4.78 is 23.9.